The number of nitrogens with two attached hydrogens (primary N) is 1. The number of likely N-dealkylation sites (tertiary alicyclic amines) is 1. The molecule has 2 amide bonds. The third-order valence-electron chi connectivity index (χ3n) is 3.20. The fraction of sp³-hybridized carbons (Fsp3) is 0.583. The Balaban J connectivity index is 1.82. The molecule has 0 saturated carbocycles. The number of primary amides is 1. The molecule has 2 rings (SSSR count). The van der Waals surface area contributed by atoms with Crippen molar-refractivity contribution in [3.63, 3.8) is 0 Å². The highest BCUT2D eigenvalue weighted by molar-refractivity contribution is 5.89. The maximum atomic E-state index is 13.3. The largest absolute Gasteiger partial charge is 0.368 e. The summed E-state index contributed by atoms with van der Waals surface area (Å²) in [7, 11) is 0. The van der Waals surface area contributed by atoms with Gasteiger partial charge in [-0.05, 0) is 6.92 Å². The number of amides is 2. The van der Waals surface area contributed by atoms with Crippen molar-refractivity contribution in [1.82, 2.24) is 10.1 Å². The van der Waals surface area contributed by atoms with Crippen LogP contribution in [0.25, 0.3) is 0 Å². The van der Waals surface area contributed by atoms with E-state index in [0.29, 0.717) is 11.6 Å². The molecule has 1 aliphatic heterocycles. The van der Waals surface area contributed by atoms with E-state index in [0.717, 1.165) is 0 Å². The molecule has 2 atom stereocenters. The van der Waals surface area contributed by atoms with E-state index in [1.807, 2.05) is 0 Å². The summed E-state index contributed by atoms with van der Waals surface area (Å²) in [5.74, 6) is 0.0964. The summed E-state index contributed by atoms with van der Waals surface area (Å²) in [5, 5.41) is 6.20. The predicted molar refractivity (Wildman–Crippen MR) is 68.6 cm³/mol. The fourth-order valence-corrected chi connectivity index (χ4v) is 2.27. The number of nitrogens with zero attached hydrogens (tertiary/aromatic N) is 2. The molecule has 0 aromatic carbocycles. The predicted octanol–water partition coefficient (Wildman–Crippen LogP) is 0.209. The van der Waals surface area contributed by atoms with Gasteiger partial charge in [0, 0.05) is 32.0 Å². The average molecular weight is 284 g/mol. The Labute approximate surface area is 115 Å². The van der Waals surface area contributed by atoms with Gasteiger partial charge in [0.1, 0.15) is 11.9 Å². The number of hydrogen-bond acceptors (Lipinski definition) is 5. The molecule has 1 aromatic rings. The molecule has 0 aliphatic carbocycles. The molecule has 110 valence electrons. The van der Waals surface area contributed by atoms with E-state index in [1.165, 1.54) is 0 Å². The summed E-state index contributed by atoms with van der Waals surface area (Å²) < 4.78 is 18.1. The van der Waals surface area contributed by atoms with Crippen LogP contribution in [0, 0.1) is 6.92 Å². The monoisotopic (exact) mass is 284 g/mol. The van der Waals surface area contributed by atoms with Crippen LogP contribution in [0.5, 0.6) is 0 Å². The van der Waals surface area contributed by atoms with Gasteiger partial charge in [-0.25, -0.2) is 4.39 Å². The Morgan fingerprint density at radius 1 is 1.65 bits per heavy atom. The van der Waals surface area contributed by atoms with Gasteiger partial charge in [0.25, 0.3) is 0 Å². The molecule has 0 spiro atoms. The van der Waals surface area contributed by atoms with E-state index in [-0.39, 0.29) is 31.8 Å². The number of halogens is 1. The van der Waals surface area contributed by atoms with Crippen molar-refractivity contribution in [2.45, 2.75) is 32.0 Å². The normalized spacial score (nSPS) is 22.9. The second-order valence-electron chi connectivity index (χ2n) is 4.87. The van der Waals surface area contributed by atoms with Gasteiger partial charge in [-0.1, -0.05) is 5.16 Å². The van der Waals surface area contributed by atoms with Crippen LogP contribution in [0.3, 0.4) is 0 Å². The lowest BCUT2D eigenvalue weighted by molar-refractivity contribution is -0.123. The number of anilines is 1. The van der Waals surface area contributed by atoms with Gasteiger partial charge in [-0.2, -0.15) is 0 Å². The Bertz CT molecular complexity index is 505. The van der Waals surface area contributed by atoms with Crippen LogP contribution < -0.4 is 11.1 Å². The first-order chi connectivity index (χ1) is 9.45. The summed E-state index contributed by atoms with van der Waals surface area (Å²) in [5.41, 5.74) is 5.21. The molecule has 0 bridgehead atoms. The third kappa shape index (κ3) is 3.53. The zero-order chi connectivity index (χ0) is 14.7. The lowest BCUT2D eigenvalue weighted by atomic mass is 10.2. The molecule has 3 N–H and O–H groups in total. The van der Waals surface area contributed by atoms with Gasteiger partial charge in [0.2, 0.25) is 11.8 Å². The Morgan fingerprint density at radius 3 is 3.00 bits per heavy atom. The molecule has 1 aliphatic rings. The van der Waals surface area contributed by atoms with E-state index < -0.39 is 18.1 Å². The number of nitrogens with one attached hydrogen (secondary N) is 1. The number of carbonyl (C=O) groups is 2. The number of rotatable bonds is 5. The lowest BCUT2D eigenvalue weighted by Gasteiger charge is -2.20. The van der Waals surface area contributed by atoms with Gasteiger partial charge in [-0.3, -0.25) is 14.5 Å². The molecule has 7 nitrogen and oxygen atoms in total. The van der Waals surface area contributed by atoms with E-state index in [1.54, 1.807) is 17.9 Å². The van der Waals surface area contributed by atoms with Gasteiger partial charge in [0.15, 0.2) is 5.82 Å². The first kappa shape index (κ1) is 14.4. The molecular weight excluding hydrogens is 267 g/mol. The van der Waals surface area contributed by atoms with E-state index in [4.69, 9.17) is 10.3 Å². The summed E-state index contributed by atoms with van der Waals surface area (Å²) in [4.78, 5) is 24.5. The molecule has 8 heteroatoms. The van der Waals surface area contributed by atoms with E-state index in [9.17, 15) is 14.0 Å². The van der Waals surface area contributed by atoms with Crippen LogP contribution in [-0.4, -0.2) is 47.2 Å². The SMILES string of the molecule is Cc1cc(NC(=O)CCN2C[C@H](F)C[C@H]2C(N)=O)no1. The number of alkyl halides is 1. The molecule has 1 saturated heterocycles. The van der Waals surface area contributed by atoms with Gasteiger partial charge in [0.05, 0.1) is 6.04 Å². The highest BCUT2D eigenvalue weighted by atomic mass is 19.1. The van der Waals surface area contributed by atoms with Crippen molar-refractivity contribution in [2.75, 3.05) is 18.4 Å². The van der Waals surface area contributed by atoms with Crippen LogP contribution in [0.2, 0.25) is 0 Å². The minimum absolute atomic E-state index is 0.0967. The second kappa shape index (κ2) is 6.00. The van der Waals surface area contributed by atoms with Crippen LogP contribution in [0.15, 0.2) is 10.6 Å². The highest BCUT2D eigenvalue weighted by Gasteiger charge is 2.35. The number of carbonyl (C=O) groups excluding carboxylic acids is 2. The van der Waals surface area contributed by atoms with E-state index in [2.05, 4.69) is 10.5 Å². The Morgan fingerprint density at radius 2 is 2.40 bits per heavy atom. The number of hydrogen-bond donors (Lipinski definition) is 2. The summed E-state index contributed by atoms with van der Waals surface area (Å²) >= 11 is 0. The first-order valence-corrected chi connectivity index (χ1v) is 6.36. The van der Waals surface area contributed by atoms with Crippen molar-refractivity contribution in [3.05, 3.63) is 11.8 Å². The minimum atomic E-state index is -1.08. The van der Waals surface area contributed by atoms with Crippen LogP contribution in [0.1, 0.15) is 18.6 Å². The lowest BCUT2D eigenvalue weighted by Crippen LogP contribution is -2.41. The van der Waals surface area contributed by atoms with Gasteiger partial charge < -0.3 is 15.6 Å². The highest BCUT2D eigenvalue weighted by Crippen LogP contribution is 2.20. The molecule has 0 radical (unpaired) electrons. The number of aromatic nitrogens is 1. The Hall–Kier alpha value is -1.96. The summed E-state index contributed by atoms with van der Waals surface area (Å²) in [6.07, 6.45) is -0.851. The number of aryl methyl sites for hydroxylation is 1. The van der Waals surface area contributed by atoms with Crippen molar-refractivity contribution in [2.24, 2.45) is 5.73 Å². The molecule has 0 unspecified atom stereocenters. The molecule has 2 heterocycles. The quantitative estimate of drug-likeness (QED) is 0.804. The van der Waals surface area contributed by atoms with Crippen LogP contribution in [-0.2, 0) is 9.59 Å². The molecule has 1 fully saturated rings. The van der Waals surface area contributed by atoms with Gasteiger partial charge in [-0.15, -0.1) is 0 Å². The molecule has 1 aromatic heterocycles. The standard InChI is InChI=1S/C12H17FN4O3/c1-7-4-10(16-20-7)15-11(18)2-3-17-6-8(13)5-9(17)12(14)19/h4,8-9H,2-3,5-6H2,1H3,(H2,14,19)(H,15,16,18)/t8-,9+/m1/s1. The first-order valence-electron chi connectivity index (χ1n) is 6.36. The second-order valence-corrected chi connectivity index (χ2v) is 4.87. The van der Waals surface area contributed by atoms with E-state index >= 15 is 0 Å². The smallest absolute Gasteiger partial charge is 0.234 e. The maximum Gasteiger partial charge on any atom is 0.234 e. The van der Waals surface area contributed by atoms with Gasteiger partial charge >= 0.3 is 0 Å². The van der Waals surface area contributed by atoms with Crippen molar-refractivity contribution in [1.29, 1.82) is 0 Å². The Kier molecular flexibility index (Phi) is 4.33. The van der Waals surface area contributed by atoms with Crippen LogP contribution in [0.4, 0.5) is 10.2 Å². The van der Waals surface area contributed by atoms with Crippen molar-refractivity contribution < 1.29 is 18.5 Å². The minimum Gasteiger partial charge on any atom is -0.368 e. The summed E-state index contributed by atoms with van der Waals surface area (Å²) in [6.45, 7) is 2.12. The zero-order valence-corrected chi connectivity index (χ0v) is 11.1. The zero-order valence-electron chi connectivity index (χ0n) is 11.1. The van der Waals surface area contributed by atoms with Crippen molar-refractivity contribution >= 4 is 17.6 Å². The molecular formula is C12H17FN4O3. The molecule has 20 heavy (non-hydrogen) atoms. The topological polar surface area (TPSA) is 101 Å². The summed E-state index contributed by atoms with van der Waals surface area (Å²) in [6, 6.07) is 0.962. The maximum absolute atomic E-state index is 13.3. The third-order valence-corrected chi connectivity index (χ3v) is 3.20. The average Bonchev–Trinajstić information content (AvgIpc) is 2.93. The fourth-order valence-electron chi connectivity index (χ4n) is 2.27. The van der Waals surface area contributed by atoms with Crippen LogP contribution >= 0.6 is 0 Å². The van der Waals surface area contributed by atoms with Crippen molar-refractivity contribution in [3.8, 4) is 0 Å².